The summed E-state index contributed by atoms with van der Waals surface area (Å²) < 4.78 is 27.4. The number of hydrogen-bond acceptors (Lipinski definition) is 8. The highest BCUT2D eigenvalue weighted by Gasteiger charge is 2.31. The predicted molar refractivity (Wildman–Crippen MR) is 97.1 cm³/mol. The van der Waals surface area contributed by atoms with Crippen LogP contribution >= 0.6 is 0 Å². The Morgan fingerprint density at radius 1 is 1.11 bits per heavy atom. The molecule has 0 amide bonds. The minimum absolute atomic E-state index is 0.0729. The summed E-state index contributed by atoms with van der Waals surface area (Å²) in [5.74, 6) is 1.78. The van der Waals surface area contributed by atoms with Gasteiger partial charge in [-0.2, -0.15) is 0 Å². The number of carbonyl (C=O) groups excluding carboxylic acids is 1. The summed E-state index contributed by atoms with van der Waals surface area (Å²) >= 11 is 0. The van der Waals surface area contributed by atoms with E-state index in [4.69, 9.17) is 23.4 Å². The van der Waals surface area contributed by atoms with Crippen molar-refractivity contribution in [2.24, 2.45) is 0 Å². The monoisotopic (exact) mass is 382 g/mol. The summed E-state index contributed by atoms with van der Waals surface area (Å²) in [6.07, 6.45) is -1.59. The van der Waals surface area contributed by atoms with Gasteiger partial charge in [0.15, 0.2) is 17.6 Å². The van der Waals surface area contributed by atoms with Crippen LogP contribution in [0.3, 0.4) is 0 Å². The smallest absolute Gasteiger partial charge is 0.351 e. The Labute approximate surface area is 161 Å². The Bertz CT molecular complexity index is 969. The Balaban J connectivity index is 1.40. The van der Waals surface area contributed by atoms with Crippen LogP contribution in [0.25, 0.3) is 11.5 Å². The van der Waals surface area contributed by atoms with E-state index in [0.29, 0.717) is 17.4 Å². The van der Waals surface area contributed by atoms with Gasteiger partial charge < -0.3 is 23.4 Å². The van der Waals surface area contributed by atoms with Crippen molar-refractivity contribution < 1.29 is 28.2 Å². The highest BCUT2D eigenvalue weighted by Crippen LogP contribution is 2.32. The number of carbonyl (C=O) groups is 1. The SMILES string of the molecule is COc1ccc(-c2nnc([C@@H](C)OC(=O)[C@H]3COc4ccccc4O3)o2)cc1. The quantitative estimate of drug-likeness (QED) is 0.621. The number of fused-ring (bicyclic) bond motifs is 1. The van der Waals surface area contributed by atoms with E-state index in [1.54, 1.807) is 56.5 Å². The second-order valence-corrected chi connectivity index (χ2v) is 6.12. The molecule has 4 rings (SSSR count). The number of esters is 1. The Kier molecular flexibility index (Phi) is 4.84. The number of para-hydroxylation sites is 2. The molecule has 28 heavy (non-hydrogen) atoms. The Hall–Kier alpha value is -3.55. The molecule has 8 heteroatoms. The van der Waals surface area contributed by atoms with Gasteiger partial charge in [0.2, 0.25) is 12.0 Å². The molecule has 0 aliphatic carbocycles. The van der Waals surface area contributed by atoms with E-state index in [1.807, 2.05) is 6.07 Å². The maximum atomic E-state index is 12.4. The zero-order valence-electron chi connectivity index (χ0n) is 15.3. The molecule has 1 aromatic heterocycles. The van der Waals surface area contributed by atoms with Gasteiger partial charge in [-0.1, -0.05) is 12.1 Å². The fourth-order valence-electron chi connectivity index (χ4n) is 2.69. The summed E-state index contributed by atoms with van der Waals surface area (Å²) in [5, 5.41) is 7.98. The molecule has 2 atom stereocenters. The van der Waals surface area contributed by atoms with Gasteiger partial charge in [-0.25, -0.2) is 4.79 Å². The topological polar surface area (TPSA) is 92.9 Å². The van der Waals surface area contributed by atoms with Gasteiger partial charge in [0.05, 0.1) is 7.11 Å². The summed E-state index contributed by atoms with van der Waals surface area (Å²) in [7, 11) is 1.59. The molecule has 1 aliphatic rings. The van der Waals surface area contributed by atoms with Crippen molar-refractivity contribution in [3.05, 3.63) is 54.4 Å². The van der Waals surface area contributed by atoms with E-state index in [-0.39, 0.29) is 12.5 Å². The van der Waals surface area contributed by atoms with Crippen LogP contribution in [0.4, 0.5) is 0 Å². The lowest BCUT2D eigenvalue weighted by Crippen LogP contribution is -2.38. The first kappa shape index (κ1) is 17.8. The molecule has 0 fully saturated rings. The first-order chi connectivity index (χ1) is 13.6. The van der Waals surface area contributed by atoms with Crippen LogP contribution in [0.2, 0.25) is 0 Å². The maximum absolute atomic E-state index is 12.4. The lowest BCUT2D eigenvalue weighted by molar-refractivity contribution is -0.160. The zero-order valence-corrected chi connectivity index (χ0v) is 15.3. The van der Waals surface area contributed by atoms with Crippen molar-refractivity contribution in [3.63, 3.8) is 0 Å². The molecular weight excluding hydrogens is 364 g/mol. The molecule has 0 saturated heterocycles. The first-order valence-corrected chi connectivity index (χ1v) is 8.71. The second kappa shape index (κ2) is 7.59. The Morgan fingerprint density at radius 2 is 1.86 bits per heavy atom. The van der Waals surface area contributed by atoms with E-state index >= 15 is 0 Å². The fourth-order valence-corrected chi connectivity index (χ4v) is 2.69. The lowest BCUT2D eigenvalue weighted by Gasteiger charge is -2.25. The van der Waals surface area contributed by atoms with E-state index in [2.05, 4.69) is 10.2 Å². The average Bonchev–Trinajstić information content (AvgIpc) is 3.24. The highest BCUT2D eigenvalue weighted by atomic mass is 16.6. The first-order valence-electron chi connectivity index (χ1n) is 8.71. The van der Waals surface area contributed by atoms with E-state index < -0.39 is 18.2 Å². The van der Waals surface area contributed by atoms with Crippen molar-refractivity contribution in [2.45, 2.75) is 19.1 Å². The number of hydrogen-bond donors (Lipinski definition) is 0. The Morgan fingerprint density at radius 3 is 2.61 bits per heavy atom. The molecule has 1 aliphatic heterocycles. The van der Waals surface area contributed by atoms with E-state index in [9.17, 15) is 4.79 Å². The van der Waals surface area contributed by atoms with Crippen LogP contribution < -0.4 is 14.2 Å². The van der Waals surface area contributed by atoms with Gasteiger partial charge in [-0.05, 0) is 43.3 Å². The predicted octanol–water partition coefficient (Wildman–Crippen LogP) is 3.19. The third kappa shape index (κ3) is 3.62. The van der Waals surface area contributed by atoms with E-state index in [1.165, 1.54) is 0 Å². The number of aromatic nitrogens is 2. The number of benzene rings is 2. The van der Waals surface area contributed by atoms with Crippen LogP contribution in [-0.4, -0.2) is 36.0 Å². The molecule has 0 radical (unpaired) electrons. The molecule has 0 bridgehead atoms. The normalized spacial score (nSPS) is 16.3. The number of rotatable bonds is 5. The summed E-state index contributed by atoms with van der Waals surface area (Å²) in [6, 6.07) is 14.3. The number of ether oxygens (including phenoxy) is 4. The highest BCUT2D eigenvalue weighted by molar-refractivity contribution is 5.76. The molecule has 2 aromatic carbocycles. The fraction of sp³-hybridized carbons (Fsp3) is 0.250. The van der Waals surface area contributed by atoms with Gasteiger partial charge in [0.1, 0.15) is 12.4 Å². The third-order valence-corrected chi connectivity index (χ3v) is 4.19. The molecular formula is C20H18N2O6. The summed E-state index contributed by atoms with van der Waals surface area (Å²) in [6.45, 7) is 1.73. The standard InChI is InChI=1S/C20H18N2O6/c1-12(18-21-22-19(28-18)13-7-9-14(24-2)10-8-13)26-20(23)17-11-25-15-5-3-4-6-16(15)27-17/h3-10,12,17H,11H2,1-2H3/t12-,17-/m1/s1. The van der Waals surface area contributed by atoms with Crippen LogP contribution in [-0.2, 0) is 9.53 Å². The minimum Gasteiger partial charge on any atom is -0.497 e. The van der Waals surface area contributed by atoms with Crippen LogP contribution in [0.5, 0.6) is 17.2 Å². The second-order valence-electron chi connectivity index (χ2n) is 6.12. The molecule has 144 valence electrons. The molecule has 0 saturated carbocycles. The van der Waals surface area contributed by atoms with Gasteiger partial charge in [0, 0.05) is 5.56 Å². The molecule has 8 nitrogen and oxygen atoms in total. The van der Waals surface area contributed by atoms with Crippen LogP contribution in [0.1, 0.15) is 18.9 Å². The van der Waals surface area contributed by atoms with Gasteiger partial charge in [0.25, 0.3) is 5.89 Å². The minimum atomic E-state index is -0.860. The van der Waals surface area contributed by atoms with Crippen molar-refractivity contribution in [2.75, 3.05) is 13.7 Å². The van der Waals surface area contributed by atoms with Gasteiger partial charge in [-0.3, -0.25) is 0 Å². The molecule has 0 N–H and O–H groups in total. The van der Waals surface area contributed by atoms with Crippen molar-refractivity contribution in [3.8, 4) is 28.7 Å². The van der Waals surface area contributed by atoms with Gasteiger partial charge in [-0.15, -0.1) is 10.2 Å². The largest absolute Gasteiger partial charge is 0.497 e. The summed E-state index contributed by atoms with van der Waals surface area (Å²) in [5.41, 5.74) is 0.735. The van der Waals surface area contributed by atoms with E-state index in [0.717, 1.165) is 11.3 Å². The summed E-state index contributed by atoms with van der Waals surface area (Å²) in [4.78, 5) is 12.4. The third-order valence-electron chi connectivity index (χ3n) is 4.19. The number of nitrogens with zero attached hydrogens (tertiary/aromatic N) is 2. The van der Waals surface area contributed by atoms with Crippen molar-refractivity contribution in [1.82, 2.24) is 10.2 Å². The van der Waals surface area contributed by atoms with Gasteiger partial charge >= 0.3 is 5.97 Å². The number of methoxy groups -OCH3 is 1. The lowest BCUT2D eigenvalue weighted by atomic mass is 10.2. The average molecular weight is 382 g/mol. The molecule has 0 unspecified atom stereocenters. The molecule has 3 aromatic rings. The molecule has 2 heterocycles. The van der Waals surface area contributed by atoms with Crippen molar-refractivity contribution >= 4 is 5.97 Å². The van der Waals surface area contributed by atoms with Crippen molar-refractivity contribution in [1.29, 1.82) is 0 Å². The molecule has 0 spiro atoms. The maximum Gasteiger partial charge on any atom is 0.351 e. The van der Waals surface area contributed by atoms with Crippen LogP contribution in [0.15, 0.2) is 52.9 Å². The van der Waals surface area contributed by atoms with Crippen LogP contribution in [0, 0.1) is 0 Å². The zero-order chi connectivity index (χ0) is 19.5.